The van der Waals surface area contributed by atoms with E-state index < -0.39 is 5.00 Å². The van der Waals surface area contributed by atoms with Crippen LogP contribution in [0.2, 0.25) is 0 Å². The molecule has 0 amide bonds. The highest BCUT2D eigenvalue weighted by Gasteiger charge is 2.36. The van der Waals surface area contributed by atoms with E-state index in [-0.39, 0.29) is 0 Å². The third kappa shape index (κ3) is 2.24. The van der Waals surface area contributed by atoms with Crippen LogP contribution in [0, 0.1) is 0 Å². The molecule has 20 heavy (non-hydrogen) atoms. The quantitative estimate of drug-likeness (QED) is 0.599. The van der Waals surface area contributed by atoms with Crippen molar-refractivity contribution < 1.29 is 0 Å². The van der Waals surface area contributed by atoms with Gasteiger partial charge in [0.2, 0.25) is 0 Å². The highest BCUT2D eigenvalue weighted by atomic mass is 35.5. The number of hydrogen-bond donors (Lipinski definition) is 3. The summed E-state index contributed by atoms with van der Waals surface area (Å²) in [4.78, 5) is 3.36. The Bertz CT molecular complexity index is 641. The van der Waals surface area contributed by atoms with Crippen LogP contribution in [0.4, 0.5) is 5.69 Å². The molecule has 0 spiro atoms. The molecule has 0 radical (unpaired) electrons. The predicted molar refractivity (Wildman–Crippen MR) is 80.9 cm³/mol. The zero-order valence-corrected chi connectivity index (χ0v) is 11.6. The van der Waals surface area contributed by atoms with E-state index in [0.717, 1.165) is 16.9 Å². The van der Waals surface area contributed by atoms with E-state index in [2.05, 4.69) is 15.6 Å². The zero-order valence-electron chi connectivity index (χ0n) is 10.8. The number of pyridine rings is 1. The molecule has 2 heterocycles. The number of nitrogens with zero attached hydrogens (tertiary/aromatic N) is 1. The number of nitrogens with two attached hydrogens (primary N) is 1. The Balaban J connectivity index is 1.89. The number of rotatable bonds is 3. The molecule has 4 N–H and O–H groups in total. The van der Waals surface area contributed by atoms with Gasteiger partial charge in [0.15, 0.2) is 5.00 Å². The Hall–Kier alpha value is -2.04. The van der Waals surface area contributed by atoms with Crippen molar-refractivity contribution in [2.24, 2.45) is 5.73 Å². The molecule has 2 aromatic rings. The van der Waals surface area contributed by atoms with Gasteiger partial charge in [0.25, 0.3) is 0 Å². The first kappa shape index (κ1) is 13.0. The fourth-order valence-corrected chi connectivity index (χ4v) is 2.52. The molecule has 1 aliphatic heterocycles. The SMILES string of the molecule is NC1=CNc2ccccc2C1(Cl)NCc1ccccn1. The lowest BCUT2D eigenvalue weighted by Gasteiger charge is -2.34. The van der Waals surface area contributed by atoms with Gasteiger partial charge < -0.3 is 11.1 Å². The van der Waals surface area contributed by atoms with Crippen LogP contribution in [0.25, 0.3) is 0 Å². The van der Waals surface area contributed by atoms with E-state index in [4.69, 9.17) is 17.3 Å². The van der Waals surface area contributed by atoms with Gasteiger partial charge in [-0.15, -0.1) is 0 Å². The van der Waals surface area contributed by atoms with Gasteiger partial charge in [0.05, 0.1) is 11.4 Å². The average molecular weight is 287 g/mol. The van der Waals surface area contributed by atoms with Crippen molar-refractivity contribution in [2.45, 2.75) is 11.5 Å². The molecule has 1 aliphatic rings. The highest BCUT2D eigenvalue weighted by molar-refractivity contribution is 6.26. The molecule has 0 saturated carbocycles. The number of hydrogen-bond acceptors (Lipinski definition) is 4. The Morgan fingerprint density at radius 3 is 2.80 bits per heavy atom. The zero-order chi connectivity index (χ0) is 14.0. The minimum atomic E-state index is -0.917. The summed E-state index contributed by atoms with van der Waals surface area (Å²) < 4.78 is 0. The number of fused-ring (bicyclic) bond motifs is 1. The van der Waals surface area contributed by atoms with Crippen LogP contribution >= 0.6 is 11.6 Å². The van der Waals surface area contributed by atoms with Crippen LogP contribution in [0.15, 0.2) is 60.6 Å². The lowest BCUT2D eigenvalue weighted by atomic mass is 9.98. The van der Waals surface area contributed by atoms with Gasteiger partial charge in [0.1, 0.15) is 0 Å². The largest absolute Gasteiger partial charge is 0.398 e. The summed E-state index contributed by atoms with van der Waals surface area (Å²) in [5.41, 5.74) is 9.39. The van der Waals surface area contributed by atoms with Crippen molar-refractivity contribution in [3.63, 3.8) is 0 Å². The minimum absolute atomic E-state index is 0.535. The predicted octanol–water partition coefficient (Wildman–Crippen LogP) is 2.49. The second-order valence-electron chi connectivity index (χ2n) is 4.62. The standard InChI is InChI=1S/C15H15ClN4/c16-15(20-9-11-5-3-4-8-18-11)12-6-1-2-7-13(12)19-10-14(15)17/h1-8,10,19-20H,9,17H2. The molecular formula is C15H15ClN4. The fourth-order valence-electron chi connectivity index (χ4n) is 2.23. The lowest BCUT2D eigenvalue weighted by molar-refractivity contribution is 0.522. The van der Waals surface area contributed by atoms with Crippen molar-refractivity contribution in [3.8, 4) is 0 Å². The number of benzene rings is 1. The number of nitrogens with one attached hydrogen (secondary N) is 2. The first-order chi connectivity index (χ1) is 9.70. The summed E-state index contributed by atoms with van der Waals surface area (Å²) in [5.74, 6) is 0. The number of halogens is 1. The highest BCUT2D eigenvalue weighted by Crippen LogP contribution is 2.39. The Morgan fingerprint density at radius 2 is 2.00 bits per heavy atom. The van der Waals surface area contributed by atoms with Crippen LogP contribution in [-0.2, 0) is 11.5 Å². The van der Waals surface area contributed by atoms with Gasteiger partial charge in [-0.05, 0) is 18.2 Å². The second kappa shape index (κ2) is 5.15. The molecule has 0 aliphatic carbocycles. The van der Waals surface area contributed by atoms with Crippen molar-refractivity contribution in [2.75, 3.05) is 5.32 Å². The molecule has 1 aromatic carbocycles. The van der Waals surface area contributed by atoms with Gasteiger partial charge in [-0.1, -0.05) is 35.9 Å². The van der Waals surface area contributed by atoms with E-state index in [9.17, 15) is 0 Å². The summed E-state index contributed by atoms with van der Waals surface area (Å²) in [6.07, 6.45) is 3.48. The van der Waals surface area contributed by atoms with E-state index in [0.29, 0.717) is 12.2 Å². The number of para-hydroxylation sites is 1. The van der Waals surface area contributed by atoms with Crippen molar-refractivity contribution in [1.29, 1.82) is 0 Å². The van der Waals surface area contributed by atoms with E-state index in [1.807, 2.05) is 42.5 Å². The van der Waals surface area contributed by atoms with E-state index in [1.165, 1.54) is 0 Å². The average Bonchev–Trinajstić information content (AvgIpc) is 2.51. The molecule has 5 heteroatoms. The third-order valence-electron chi connectivity index (χ3n) is 3.32. The molecule has 3 rings (SSSR count). The van der Waals surface area contributed by atoms with Crippen molar-refractivity contribution in [1.82, 2.24) is 10.3 Å². The minimum Gasteiger partial charge on any atom is -0.398 e. The molecule has 1 atom stereocenters. The summed E-state index contributed by atoms with van der Waals surface area (Å²) in [6, 6.07) is 13.6. The van der Waals surface area contributed by atoms with E-state index in [1.54, 1.807) is 12.4 Å². The molecule has 0 saturated heterocycles. The van der Waals surface area contributed by atoms with Crippen molar-refractivity contribution >= 4 is 17.3 Å². The maximum Gasteiger partial charge on any atom is 0.163 e. The van der Waals surface area contributed by atoms with Gasteiger partial charge in [-0.25, -0.2) is 0 Å². The van der Waals surface area contributed by atoms with Crippen LogP contribution in [-0.4, -0.2) is 4.98 Å². The Morgan fingerprint density at radius 1 is 1.20 bits per heavy atom. The van der Waals surface area contributed by atoms with Gasteiger partial charge in [-0.3, -0.25) is 10.3 Å². The molecular weight excluding hydrogens is 272 g/mol. The van der Waals surface area contributed by atoms with Crippen LogP contribution in [0.5, 0.6) is 0 Å². The monoisotopic (exact) mass is 286 g/mol. The topological polar surface area (TPSA) is 63.0 Å². The summed E-state index contributed by atoms with van der Waals surface area (Å²) in [5, 5.41) is 6.43. The summed E-state index contributed by atoms with van der Waals surface area (Å²) >= 11 is 6.73. The maximum absolute atomic E-state index is 6.73. The molecule has 4 nitrogen and oxygen atoms in total. The second-order valence-corrected chi connectivity index (χ2v) is 5.19. The first-order valence-electron chi connectivity index (χ1n) is 6.36. The van der Waals surface area contributed by atoms with Crippen LogP contribution < -0.4 is 16.4 Å². The Kier molecular flexibility index (Phi) is 3.34. The smallest absolute Gasteiger partial charge is 0.163 e. The van der Waals surface area contributed by atoms with E-state index >= 15 is 0 Å². The molecule has 1 aromatic heterocycles. The number of aromatic nitrogens is 1. The van der Waals surface area contributed by atoms with Gasteiger partial charge in [-0.2, -0.15) is 0 Å². The van der Waals surface area contributed by atoms with Gasteiger partial charge >= 0.3 is 0 Å². The van der Waals surface area contributed by atoms with Crippen LogP contribution in [0.3, 0.4) is 0 Å². The molecule has 0 fully saturated rings. The summed E-state index contributed by atoms with van der Waals surface area (Å²) in [6.45, 7) is 0.535. The normalized spacial score (nSPS) is 20.8. The maximum atomic E-state index is 6.73. The molecule has 1 unspecified atom stereocenters. The first-order valence-corrected chi connectivity index (χ1v) is 6.74. The van der Waals surface area contributed by atoms with Crippen LogP contribution in [0.1, 0.15) is 11.3 Å². The number of anilines is 1. The molecule has 0 bridgehead atoms. The van der Waals surface area contributed by atoms with Gasteiger partial charge in [0, 0.05) is 30.2 Å². The third-order valence-corrected chi connectivity index (χ3v) is 3.87. The summed E-state index contributed by atoms with van der Waals surface area (Å²) in [7, 11) is 0. The Labute approximate surface area is 122 Å². The fraction of sp³-hybridized carbons (Fsp3) is 0.133. The lowest BCUT2D eigenvalue weighted by Crippen LogP contribution is -2.44. The number of alkyl halides is 1. The molecule has 102 valence electrons. The van der Waals surface area contributed by atoms with Crippen molar-refractivity contribution in [3.05, 3.63) is 71.8 Å².